The van der Waals surface area contributed by atoms with Crippen LogP contribution in [0.15, 0.2) is 0 Å². The molecule has 8 heteroatoms. The minimum absolute atomic E-state index is 0.0764. The molecule has 0 aromatic rings. The summed E-state index contributed by atoms with van der Waals surface area (Å²) in [4.78, 5) is 0. The molecule has 1 aliphatic heterocycles. The van der Waals surface area contributed by atoms with Crippen molar-refractivity contribution in [2.45, 2.75) is 51.0 Å². The molecular weight excluding hydrogens is 300 g/mol. The van der Waals surface area contributed by atoms with Crippen molar-refractivity contribution in [3.8, 4) is 0 Å². The number of nitrogens with one attached hydrogen (secondary N) is 2. The number of rotatable bonds is 7. The Hall–Kier alpha value is -0.180. The first-order valence-corrected chi connectivity index (χ1v) is 10.6. The van der Waals surface area contributed by atoms with E-state index in [1.807, 2.05) is 0 Å². The van der Waals surface area contributed by atoms with Gasteiger partial charge in [-0.3, -0.25) is 0 Å². The average molecular weight is 324 g/mol. The summed E-state index contributed by atoms with van der Waals surface area (Å²) in [5, 5.41) is 0. The van der Waals surface area contributed by atoms with E-state index in [0.29, 0.717) is 13.0 Å². The molecule has 2 aliphatic rings. The highest BCUT2D eigenvalue weighted by atomic mass is 32.2. The highest BCUT2D eigenvalue weighted by molar-refractivity contribution is 7.91. The van der Waals surface area contributed by atoms with Crippen LogP contribution in [0.2, 0.25) is 0 Å². The Morgan fingerprint density at radius 1 is 1.10 bits per heavy atom. The van der Waals surface area contributed by atoms with Crippen molar-refractivity contribution in [1.29, 1.82) is 0 Å². The smallest absolute Gasteiger partial charge is 0.229 e. The van der Waals surface area contributed by atoms with Gasteiger partial charge in [0.1, 0.15) is 0 Å². The summed E-state index contributed by atoms with van der Waals surface area (Å²) in [6.07, 6.45) is 6.18. The quantitative estimate of drug-likeness (QED) is 0.670. The third-order valence-electron chi connectivity index (χ3n) is 4.08. The second kappa shape index (κ2) is 6.72. The van der Waals surface area contributed by atoms with Gasteiger partial charge in [-0.05, 0) is 38.0 Å². The fourth-order valence-electron chi connectivity index (χ4n) is 3.00. The van der Waals surface area contributed by atoms with Gasteiger partial charge in [0, 0.05) is 12.6 Å². The Morgan fingerprint density at radius 2 is 1.80 bits per heavy atom. The van der Waals surface area contributed by atoms with Crippen LogP contribution >= 0.6 is 0 Å². The highest BCUT2D eigenvalue weighted by Crippen LogP contribution is 2.22. The van der Waals surface area contributed by atoms with Gasteiger partial charge in [-0.2, -0.15) is 13.1 Å². The molecular formula is C12H24N2O4S2. The van der Waals surface area contributed by atoms with Crippen LogP contribution in [0.25, 0.3) is 0 Å². The van der Waals surface area contributed by atoms with Crippen molar-refractivity contribution in [2.24, 2.45) is 5.92 Å². The molecule has 1 atom stereocenters. The molecule has 2 N–H and O–H groups in total. The van der Waals surface area contributed by atoms with Crippen molar-refractivity contribution in [2.75, 3.05) is 18.1 Å². The Bertz CT molecular complexity index is 510. The zero-order valence-corrected chi connectivity index (χ0v) is 13.3. The lowest BCUT2D eigenvalue weighted by Gasteiger charge is -2.13. The van der Waals surface area contributed by atoms with Crippen molar-refractivity contribution < 1.29 is 16.8 Å². The lowest BCUT2D eigenvalue weighted by atomic mass is 10.0. The Kier molecular flexibility index (Phi) is 5.44. The van der Waals surface area contributed by atoms with Gasteiger partial charge >= 0.3 is 0 Å². The molecule has 118 valence electrons. The van der Waals surface area contributed by atoms with E-state index < -0.39 is 20.0 Å². The second-order valence-corrected chi connectivity index (χ2v) is 9.67. The van der Waals surface area contributed by atoms with Crippen LogP contribution in [0.1, 0.15) is 44.9 Å². The third kappa shape index (κ3) is 5.31. The maximum absolute atomic E-state index is 11.8. The molecule has 0 amide bonds. The molecule has 2 fully saturated rings. The van der Waals surface area contributed by atoms with E-state index in [9.17, 15) is 16.8 Å². The average Bonchev–Trinajstić information content (AvgIpc) is 2.94. The summed E-state index contributed by atoms with van der Waals surface area (Å²) in [5.74, 6) is 0.750. The third-order valence-corrected chi connectivity index (χ3v) is 7.15. The van der Waals surface area contributed by atoms with Crippen LogP contribution < -0.4 is 9.44 Å². The Labute approximate surface area is 121 Å². The van der Waals surface area contributed by atoms with Crippen LogP contribution in [-0.4, -0.2) is 40.9 Å². The van der Waals surface area contributed by atoms with Gasteiger partial charge in [0.15, 0.2) is 9.84 Å². The lowest BCUT2D eigenvalue weighted by molar-refractivity contribution is 0.504. The van der Waals surface area contributed by atoms with Crippen LogP contribution in [0, 0.1) is 5.92 Å². The molecule has 1 saturated carbocycles. The number of hydrogen-bond donors (Lipinski definition) is 2. The summed E-state index contributed by atoms with van der Waals surface area (Å²) in [5.41, 5.74) is 0. The molecule has 0 aromatic heterocycles. The molecule has 0 spiro atoms. The SMILES string of the molecule is O=S1(=O)CCC(CCCNS(=O)(=O)NC2CCCC2)C1. The van der Waals surface area contributed by atoms with Crippen LogP contribution in [0.5, 0.6) is 0 Å². The van der Waals surface area contributed by atoms with Crippen LogP contribution in [-0.2, 0) is 20.0 Å². The van der Waals surface area contributed by atoms with Gasteiger partial charge in [-0.25, -0.2) is 13.1 Å². The van der Waals surface area contributed by atoms with Gasteiger partial charge in [-0.15, -0.1) is 0 Å². The topological polar surface area (TPSA) is 92.3 Å². The fourth-order valence-corrected chi connectivity index (χ4v) is 6.08. The van der Waals surface area contributed by atoms with Gasteiger partial charge in [0.25, 0.3) is 10.2 Å². The van der Waals surface area contributed by atoms with Gasteiger partial charge in [-0.1, -0.05) is 12.8 Å². The predicted molar refractivity (Wildman–Crippen MR) is 78.3 cm³/mol. The van der Waals surface area contributed by atoms with E-state index in [-0.39, 0.29) is 23.5 Å². The molecule has 1 aliphatic carbocycles. The molecule has 0 radical (unpaired) electrons. The first-order valence-electron chi connectivity index (χ1n) is 7.34. The normalized spacial score (nSPS) is 27.1. The summed E-state index contributed by atoms with van der Waals surface area (Å²) in [7, 11) is -6.23. The van der Waals surface area contributed by atoms with Crippen molar-refractivity contribution in [3.05, 3.63) is 0 Å². The molecule has 6 nitrogen and oxygen atoms in total. The standard InChI is InChI=1S/C12H24N2O4S2/c15-19(16)9-7-11(10-19)4-3-8-13-20(17,18)14-12-5-1-2-6-12/h11-14H,1-10H2. The van der Waals surface area contributed by atoms with E-state index in [0.717, 1.165) is 38.5 Å². The van der Waals surface area contributed by atoms with Crippen LogP contribution in [0.3, 0.4) is 0 Å². The molecule has 1 saturated heterocycles. The zero-order chi connectivity index (χ0) is 14.6. The van der Waals surface area contributed by atoms with Gasteiger partial charge in [0.05, 0.1) is 11.5 Å². The van der Waals surface area contributed by atoms with Crippen molar-refractivity contribution in [1.82, 2.24) is 9.44 Å². The molecule has 0 aromatic carbocycles. The van der Waals surface area contributed by atoms with E-state index in [1.54, 1.807) is 0 Å². The Morgan fingerprint density at radius 3 is 2.40 bits per heavy atom. The van der Waals surface area contributed by atoms with Crippen molar-refractivity contribution in [3.63, 3.8) is 0 Å². The monoisotopic (exact) mass is 324 g/mol. The molecule has 1 unspecified atom stereocenters. The maximum atomic E-state index is 11.8. The van der Waals surface area contributed by atoms with E-state index in [1.165, 1.54) is 0 Å². The summed E-state index contributed by atoms with van der Waals surface area (Å²) in [6.45, 7) is 0.374. The van der Waals surface area contributed by atoms with Crippen LogP contribution in [0.4, 0.5) is 0 Å². The molecule has 2 rings (SSSR count). The van der Waals surface area contributed by atoms with Gasteiger partial charge < -0.3 is 0 Å². The molecule has 0 bridgehead atoms. The molecule has 20 heavy (non-hydrogen) atoms. The zero-order valence-electron chi connectivity index (χ0n) is 11.7. The minimum atomic E-state index is -3.40. The maximum Gasteiger partial charge on any atom is 0.277 e. The number of hydrogen-bond acceptors (Lipinski definition) is 4. The number of sulfone groups is 1. The largest absolute Gasteiger partial charge is 0.277 e. The first-order chi connectivity index (χ1) is 9.36. The fraction of sp³-hybridized carbons (Fsp3) is 1.00. The first kappa shape index (κ1) is 16.2. The highest BCUT2D eigenvalue weighted by Gasteiger charge is 2.27. The summed E-state index contributed by atoms with van der Waals surface area (Å²) in [6, 6.07) is 0.0764. The van der Waals surface area contributed by atoms with Crippen molar-refractivity contribution >= 4 is 20.0 Å². The minimum Gasteiger partial charge on any atom is -0.229 e. The van der Waals surface area contributed by atoms with E-state index in [2.05, 4.69) is 9.44 Å². The summed E-state index contributed by atoms with van der Waals surface area (Å²) >= 11 is 0. The molecule has 1 heterocycles. The van der Waals surface area contributed by atoms with E-state index in [4.69, 9.17) is 0 Å². The van der Waals surface area contributed by atoms with Gasteiger partial charge in [0.2, 0.25) is 0 Å². The second-order valence-electron chi connectivity index (χ2n) is 5.91. The van der Waals surface area contributed by atoms with E-state index >= 15 is 0 Å². The Balaban J connectivity index is 1.62. The lowest BCUT2D eigenvalue weighted by Crippen LogP contribution is -2.42. The predicted octanol–water partition coefficient (Wildman–Crippen LogP) is 0.568. The summed E-state index contributed by atoms with van der Waals surface area (Å²) < 4.78 is 51.3.